The van der Waals surface area contributed by atoms with Crippen molar-refractivity contribution >= 4 is 13.1 Å². The van der Waals surface area contributed by atoms with E-state index in [-0.39, 0.29) is 4.79 Å². The molecule has 0 radical (unpaired) electrons. The number of halogens is 5. The van der Waals surface area contributed by atoms with Crippen molar-refractivity contribution in [3.63, 3.8) is 0 Å². The van der Waals surface area contributed by atoms with Crippen LogP contribution in [0.25, 0.3) is 0 Å². The molecule has 0 aromatic carbocycles. The second-order valence-corrected chi connectivity index (χ2v) is 2.12. The number of hydrogen-bond donors (Lipinski definition) is 0. The summed E-state index contributed by atoms with van der Waals surface area (Å²) in [4.78, 5) is 9.13. The molecule has 1 aromatic heterocycles. The summed E-state index contributed by atoms with van der Waals surface area (Å²) in [6, 6.07) is 3.85. The summed E-state index contributed by atoms with van der Waals surface area (Å²) in [5.41, 5.74) is 0. The smallest absolute Gasteiger partial charge is 0.418 e. The van der Waals surface area contributed by atoms with Crippen LogP contribution in [0.3, 0.4) is 0 Å². The van der Waals surface area contributed by atoms with Crippen molar-refractivity contribution in [2.75, 3.05) is 0 Å². The van der Waals surface area contributed by atoms with Gasteiger partial charge in [-0.3, -0.25) is 10.1 Å². The first-order valence-corrected chi connectivity index (χ1v) is 3.40. The molecule has 15 heavy (non-hydrogen) atoms. The van der Waals surface area contributed by atoms with Gasteiger partial charge in [0.2, 0.25) is 6.20 Å². The van der Waals surface area contributed by atoms with Crippen LogP contribution in [0, 0.1) is 10.1 Å². The molecule has 1 rings (SSSR count). The van der Waals surface area contributed by atoms with Crippen LogP contribution in [0.5, 0.6) is 0 Å². The van der Waals surface area contributed by atoms with Gasteiger partial charge in [0.15, 0.2) is 0 Å². The molecule has 1 heterocycles. The third-order valence-corrected chi connectivity index (χ3v) is 0.979. The van der Waals surface area contributed by atoms with E-state index in [0.717, 1.165) is 12.3 Å². The van der Waals surface area contributed by atoms with Crippen molar-refractivity contribution in [2.24, 2.45) is 0 Å². The topological polar surface area (TPSA) is 47.0 Å². The summed E-state index contributed by atoms with van der Waals surface area (Å²) in [6.07, 6.45) is 0.970. The highest BCUT2D eigenvalue weighted by molar-refractivity contribution is 6.50. The van der Waals surface area contributed by atoms with Crippen LogP contribution in [-0.4, -0.2) is 12.2 Å². The lowest BCUT2D eigenvalue weighted by atomic mass is 10.3. The molecule has 4 nitrogen and oxygen atoms in total. The third-order valence-electron chi connectivity index (χ3n) is 0.979. The Hall–Kier alpha value is -1.74. The summed E-state index contributed by atoms with van der Waals surface area (Å²) in [5.74, 6) is -0.567. The summed E-state index contributed by atoms with van der Waals surface area (Å²) in [7, 11) is -6.00. The number of hydrogen-bond acceptors (Lipinski definition) is 2. The molecule has 1 aromatic rings. The first-order chi connectivity index (χ1) is 6.72. The summed E-state index contributed by atoms with van der Waals surface area (Å²) < 4.78 is 51.3. The molecule has 0 spiro atoms. The third kappa shape index (κ3) is 7.34. The summed E-state index contributed by atoms with van der Waals surface area (Å²) in [5, 5.41) is 9.97. The van der Waals surface area contributed by atoms with Gasteiger partial charge in [-0.25, -0.2) is 0 Å². The van der Waals surface area contributed by atoms with E-state index in [4.69, 9.17) is 0 Å². The first kappa shape index (κ1) is 13.3. The Labute approximate surface area is 80.1 Å². The van der Waals surface area contributed by atoms with Gasteiger partial charge in [-0.1, -0.05) is 0 Å². The Kier molecular flexibility index (Phi) is 4.62. The second kappa shape index (κ2) is 5.22. The quantitative estimate of drug-likeness (QED) is 0.320. The van der Waals surface area contributed by atoms with Crippen LogP contribution in [0.1, 0.15) is 0 Å². The van der Waals surface area contributed by atoms with Gasteiger partial charge in [0.1, 0.15) is 9.40 Å². The van der Waals surface area contributed by atoms with E-state index in [9.17, 15) is 31.9 Å². The van der Waals surface area contributed by atoms with Gasteiger partial charge in [0.05, 0.1) is 10.9 Å². The highest BCUT2D eigenvalue weighted by atomic mass is 19.5. The van der Waals surface area contributed by atoms with Gasteiger partial charge in [0.25, 0.3) is 0 Å². The van der Waals surface area contributed by atoms with Crippen LogP contribution in [-0.2, 0) is 0 Å². The van der Waals surface area contributed by atoms with E-state index in [1.54, 1.807) is 0 Å². The van der Waals surface area contributed by atoms with Gasteiger partial charge < -0.3 is 17.3 Å². The minimum absolute atomic E-state index is 0.0417. The van der Waals surface area contributed by atoms with E-state index < -0.39 is 18.0 Å². The van der Waals surface area contributed by atoms with Gasteiger partial charge >= 0.3 is 13.1 Å². The average molecular weight is 230 g/mol. The molecule has 0 bridgehead atoms. The van der Waals surface area contributed by atoms with Gasteiger partial charge in [-0.15, -0.1) is 0 Å². The van der Waals surface area contributed by atoms with Crippen LogP contribution in [0.4, 0.5) is 27.6 Å². The lowest BCUT2D eigenvalue weighted by molar-refractivity contribution is -0.864. The number of nitro groups is 1. The Morgan fingerprint density at radius 1 is 1.27 bits per heavy atom. The number of nitrogens with zero attached hydrogens (tertiary/aromatic N) is 2. The molecule has 0 saturated heterocycles. The van der Waals surface area contributed by atoms with Crippen molar-refractivity contribution in [1.29, 1.82) is 0 Å². The van der Waals surface area contributed by atoms with E-state index in [1.807, 2.05) is 0 Å². The van der Waals surface area contributed by atoms with Gasteiger partial charge in [-0.2, -0.15) is 0 Å². The Morgan fingerprint density at radius 3 is 2.00 bits per heavy atom. The van der Waals surface area contributed by atoms with Gasteiger partial charge in [0, 0.05) is 6.07 Å². The van der Waals surface area contributed by atoms with E-state index in [0.29, 0.717) is 0 Å². The number of rotatable bonds is 1. The average Bonchev–Trinajstić information content (AvgIpc) is 2.01. The maximum atomic E-state index is 12.3. The molecule has 0 aliphatic rings. The van der Waals surface area contributed by atoms with Crippen LogP contribution in [0.2, 0.25) is 0 Å². The molecule has 0 aliphatic carbocycles. The minimum Gasteiger partial charge on any atom is -0.418 e. The molecule has 0 unspecified atom stereocenters. The SMILES string of the molecule is F[B-](F)(F)F.O=[N+]([O-])c1cccc[n+]1F. The summed E-state index contributed by atoms with van der Waals surface area (Å²) in [6.45, 7) is 0. The molecule has 0 amide bonds. The Bertz CT molecular complexity index is 338. The molecular weight excluding hydrogens is 226 g/mol. The molecule has 10 heteroatoms. The lowest BCUT2D eigenvalue weighted by Crippen LogP contribution is -2.25. The predicted molar refractivity (Wildman–Crippen MR) is 40.0 cm³/mol. The summed E-state index contributed by atoms with van der Waals surface area (Å²) >= 11 is 0. The van der Waals surface area contributed by atoms with Crippen LogP contribution in [0.15, 0.2) is 24.4 Å². The highest BCUT2D eigenvalue weighted by Gasteiger charge is 2.21. The zero-order valence-corrected chi connectivity index (χ0v) is 6.99. The predicted octanol–water partition coefficient (Wildman–Crippen LogP) is 1.91. The molecular formula is C5H4BF5N2O2. The molecule has 0 N–H and O–H groups in total. The van der Waals surface area contributed by atoms with E-state index in [1.165, 1.54) is 12.1 Å². The van der Waals surface area contributed by atoms with Crippen LogP contribution >= 0.6 is 0 Å². The van der Waals surface area contributed by atoms with Gasteiger partial charge in [-0.05, 0) is 6.07 Å². The molecule has 84 valence electrons. The van der Waals surface area contributed by atoms with E-state index >= 15 is 0 Å². The van der Waals surface area contributed by atoms with Crippen molar-refractivity contribution in [3.05, 3.63) is 34.5 Å². The molecule has 0 atom stereocenters. The van der Waals surface area contributed by atoms with Crippen LogP contribution < -0.4 is 4.79 Å². The zero-order valence-electron chi connectivity index (χ0n) is 6.99. The van der Waals surface area contributed by atoms with E-state index in [2.05, 4.69) is 0 Å². The van der Waals surface area contributed by atoms with Crippen molar-refractivity contribution < 1.29 is 31.5 Å². The maximum absolute atomic E-state index is 12.3. The number of aromatic nitrogens is 1. The largest absolute Gasteiger partial charge is 0.673 e. The van der Waals surface area contributed by atoms with Crippen molar-refractivity contribution in [1.82, 2.24) is 0 Å². The zero-order chi connectivity index (χ0) is 12.1. The maximum Gasteiger partial charge on any atom is 0.673 e. The highest BCUT2D eigenvalue weighted by Crippen LogP contribution is 2.06. The fraction of sp³-hybridized carbons (Fsp3) is 0. The van der Waals surface area contributed by atoms with Crippen molar-refractivity contribution in [2.45, 2.75) is 0 Å². The number of pyridine rings is 1. The first-order valence-electron chi connectivity index (χ1n) is 3.40. The normalized spacial score (nSPS) is 10.2. The standard InChI is InChI=1S/C5H4FN2O2.BF4/c6-7-4-2-1-3-5(7)8(9)10;2-1(3,4)5/h1-4H;/q+1;-1. The minimum atomic E-state index is -6.00. The fourth-order valence-electron chi connectivity index (χ4n) is 0.553. The molecule has 0 aliphatic heterocycles. The molecule has 0 saturated carbocycles. The Morgan fingerprint density at radius 2 is 1.73 bits per heavy atom. The fourth-order valence-corrected chi connectivity index (χ4v) is 0.553. The van der Waals surface area contributed by atoms with Crippen molar-refractivity contribution in [3.8, 4) is 0 Å². The molecule has 0 fully saturated rings. The second-order valence-electron chi connectivity index (χ2n) is 2.12. The Balaban J connectivity index is 0.000000336. The monoisotopic (exact) mass is 230 g/mol. The lowest BCUT2D eigenvalue weighted by Gasteiger charge is -1.94.